The van der Waals surface area contributed by atoms with Gasteiger partial charge in [-0.2, -0.15) is 0 Å². The second-order valence-corrected chi connectivity index (χ2v) is 13.3. The molecule has 3 aromatic rings. The molecular formula is C29H25ClN2O6S2. The van der Waals surface area contributed by atoms with E-state index in [0.29, 0.717) is 23.1 Å². The summed E-state index contributed by atoms with van der Waals surface area (Å²) in [5.41, 5.74) is 1.58. The van der Waals surface area contributed by atoms with Crippen LogP contribution in [0.15, 0.2) is 58.4 Å². The number of fused-ring (bicyclic) bond motifs is 9. The number of nitrogens with one attached hydrogen (secondary N) is 1. The van der Waals surface area contributed by atoms with Gasteiger partial charge in [0.15, 0.2) is 6.61 Å². The standard InChI is InChI=1S/C29H25ClN2O6S2/c1-2-37-19(33)12-38-16-9-3-13(4-10-16)20-21-17-11-18(24(21)39-26-25(20)40-29(36)31-26)23-22(17)27(34)32(28(23)35)15-7-5-14(30)6-8-15/h3-10,17-18,20-24H,2,11-12H2,1H3,(H,31,36)/t17-,18-,20+,21-,22+,23+,24-/m1/s1. The zero-order valence-electron chi connectivity index (χ0n) is 21.4. The van der Waals surface area contributed by atoms with Crippen molar-refractivity contribution in [2.24, 2.45) is 29.6 Å². The van der Waals surface area contributed by atoms with Crippen molar-refractivity contribution in [3.63, 3.8) is 0 Å². The molecule has 1 aromatic heterocycles. The zero-order chi connectivity index (χ0) is 27.7. The highest BCUT2D eigenvalue weighted by Gasteiger charge is 2.69. The zero-order valence-corrected chi connectivity index (χ0v) is 23.8. The summed E-state index contributed by atoms with van der Waals surface area (Å²) < 4.78 is 10.5. The maximum atomic E-state index is 13.8. The summed E-state index contributed by atoms with van der Waals surface area (Å²) in [4.78, 5) is 56.9. The van der Waals surface area contributed by atoms with Crippen molar-refractivity contribution in [1.29, 1.82) is 0 Å². The van der Waals surface area contributed by atoms with Gasteiger partial charge in [0.25, 0.3) is 0 Å². The van der Waals surface area contributed by atoms with Gasteiger partial charge in [0.1, 0.15) is 5.75 Å². The third-order valence-corrected chi connectivity index (χ3v) is 11.6. The highest BCUT2D eigenvalue weighted by atomic mass is 35.5. The number of halogens is 1. The Bertz CT molecular complexity index is 1570. The summed E-state index contributed by atoms with van der Waals surface area (Å²) in [6, 6.07) is 14.4. The highest BCUT2D eigenvalue weighted by Crippen LogP contribution is 2.68. The number of nitrogens with zero attached hydrogens (tertiary/aromatic N) is 1. The number of benzene rings is 2. The van der Waals surface area contributed by atoms with E-state index >= 15 is 0 Å². The van der Waals surface area contributed by atoms with E-state index < -0.39 is 5.97 Å². The lowest BCUT2D eigenvalue weighted by atomic mass is 9.68. The SMILES string of the molecule is CCOC(=O)COc1ccc([C@@H]2c3sc(=O)[nH]c3S[C@@H]3[C@@H]4C[C@@H]([C@@H]5C(=O)N(c6ccc(Cl)cc6)C(=O)[C@@H]45)[C@H]23)cc1. The number of amides is 2. The van der Waals surface area contributed by atoms with Crippen molar-refractivity contribution >= 4 is 58.2 Å². The number of thioether (sulfide) groups is 1. The van der Waals surface area contributed by atoms with Crippen molar-refractivity contribution in [2.45, 2.75) is 29.5 Å². The van der Waals surface area contributed by atoms with Gasteiger partial charge in [0.2, 0.25) is 11.8 Å². The quantitative estimate of drug-likeness (QED) is 0.324. The lowest BCUT2D eigenvalue weighted by Gasteiger charge is -2.43. The number of anilines is 1. The third kappa shape index (κ3) is 3.94. The van der Waals surface area contributed by atoms with Crippen LogP contribution in [-0.2, 0) is 19.1 Å². The van der Waals surface area contributed by atoms with Gasteiger partial charge in [-0.25, -0.2) is 4.79 Å². The smallest absolute Gasteiger partial charge is 0.344 e. The molecule has 0 radical (unpaired) electrons. The maximum Gasteiger partial charge on any atom is 0.344 e. The number of esters is 1. The number of ether oxygens (including phenoxy) is 2. The minimum Gasteiger partial charge on any atom is -0.482 e. The Morgan fingerprint density at radius 3 is 2.42 bits per heavy atom. The van der Waals surface area contributed by atoms with Crippen LogP contribution < -0.4 is 14.5 Å². The second kappa shape index (κ2) is 9.78. The number of rotatable bonds is 6. The normalized spacial score (nSPS) is 29.8. The number of aromatic nitrogens is 1. The fraction of sp³-hybridized carbons (Fsp3) is 0.379. The van der Waals surface area contributed by atoms with Crippen LogP contribution in [0.2, 0.25) is 5.02 Å². The molecule has 2 saturated carbocycles. The van der Waals surface area contributed by atoms with Gasteiger partial charge in [-0.05, 0) is 73.1 Å². The first-order chi connectivity index (χ1) is 19.4. The summed E-state index contributed by atoms with van der Waals surface area (Å²) >= 11 is 8.93. The first-order valence-corrected chi connectivity index (χ1v) is 15.3. The van der Waals surface area contributed by atoms with Crippen LogP contribution in [0.3, 0.4) is 0 Å². The number of aromatic amines is 1. The van der Waals surface area contributed by atoms with Gasteiger partial charge in [0, 0.05) is 21.1 Å². The van der Waals surface area contributed by atoms with Gasteiger partial charge >= 0.3 is 10.8 Å². The molecule has 40 heavy (non-hydrogen) atoms. The van der Waals surface area contributed by atoms with E-state index in [9.17, 15) is 19.2 Å². The molecule has 2 aliphatic heterocycles. The Morgan fingerprint density at radius 2 is 1.73 bits per heavy atom. The topological polar surface area (TPSA) is 106 Å². The molecule has 11 heteroatoms. The van der Waals surface area contributed by atoms with E-state index in [1.165, 1.54) is 16.2 Å². The molecule has 2 amide bonds. The fourth-order valence-electron chi connectivity index (χ4n) is 7.35. The number of carbonyl (C=O) groups excluding carboxylic acids is 3. The number of hydrogen-bond donors (Lipinski definition) is 1. The van der Waals surface area contributed by atoms with Crippen LogP contribution in [0.5, 0.6) is 5.75 Å². The first-order valence-electron chi connectivity index (χ1n) is 13.3. The molecule has 1 saturated heterocycles. The highest BCUT2D eigenvalue weighted by molar-refractivity contribution is 8.00. The predicted molar refractivity (Wildman–Crippen MR) is 151 cm³/mol. The Kier molecular flexibility index (Phi) is 6.32. The molecule has 0 unspecified atom stereocenters. The third-order valence-electron chi connectivity index (χ3n) is 8.71. The number of hydrogen-bond acceptors (Lipinski definition) is 8. The summed E-state index contributed by atoms with van der Waals surface area (Å²) in [5.74, 6) is -0.798. The van der Waals surface area contributed by atoms with Crippen molar-refractivity contribution in [3.8, 4) is 5.75 Å². The predicted octanol–water partition coefficient (Wildman–Crippen LogP) is 4.71. The summed E-state index contributed by atoms with van der Waals surface area (Å²) in [7, 11) is 0. The number of thiazole rings is 1. The van der Waals surface area contributed by atoms with Crippen LogP contribution in [-0.4, -0.2) is 41.2 Å². The summed E-state index contributed by atoms with van der Waals surface area (Å²) in [5, 5.41) is 1.51. The monoisotopic (exact) mass is 596 g/mol. The summed E-state index contributed by atoms with van der Waals surface area (Å²) in [6.45, 7) is 1.86. The van der Waals surface area contributed by atoms with Gasteiger partial charge in [0.05, 0.1) is 29.2 Å². The van der Waals surface area contributed by atoms with Crippen LogP contribution >= 0.6 is 34.7 Å². The lowest BCUT2D eigenvalue weighted by molar-refractivity contribution is -0.145. The Morgan fingerprint density at radius 1 is 1.02 bits per heavy atom. The van der Waals surface area contributed by atoms with Crippen LogP contribution in [0.4, 0.5) is 5.69 Å². The lowest BCUT2D eigenvalue weighted by Crippen LogP contribution is -2.42. The fourth-order valence-corrected chi connectivity index (χ4v) is 10.4. The molecule has 2 bridgehead atoms. The average molecular weight is 597 g/mol. The number of H-pyrrole nitrogens is 1. The van der Waals surface area contributed by atoms with Gasteiger partial charge in [-0.1, -0.05) is 35.1 Å². The average Bonchev–Trinajstić information content (AvgIpc) is 3.67. The van der Waals surface area contributed by atoms with Crippen molar-refractivity contribution < 1.29 is 23.9 Å². The first kappa shape index (κ1) is 25.9. The van der Waals surface area contributed by atoms with E-state index in [1.54, 1.807) is 43.0 Å². The minimum absolute atomic E-state index is 0.0244. The molecule has 7 rings (SSSR count). The van der Waals surface area contributed by atoms with Crippen LogP contribution in [0.25, 0.3) is 0 Å². The Balaban J connectivity index is 1.22. The number of imide groups is 1. The molecule has 0 spiro atoms. The maximum absolute atomic E-state index is 13.8. The second-order valence-electron chi connectivity index (χ2n) is 10.6. The molecule has 2 aromatic carbocycles. The van der Waals surface area contributed by atoms with E-state index in [1.807, 2.05) is 24.3 Å². The van der Waals surface area contributed by atoms with E-state index in [2.05, 4.69) is 4.98 Å². The van der Waals surface area contributed by atoms with Crippen molar-refractivity contribution in [3.05, 3.63) is 73.7 Å². The largest absolute Gasteiger partial charge is 0.482 e. The molecule has 4 aliphatic rings. The van der Waals surface area contributed by atoms with Gasteiger partial charge in [-0.3, -0.25) is 19.3 Å². The Labute approximate surface area is 243 Å². The molecule has 206 valence electrons. The van der Waals surface area contributed by atoms with Crippen LogP contribution in [0, 0.1) is 29.6 Å². The molecule has 1 N–H and O–H groups in total. The number of carbonyl (C=O) groups is 3. The van der Waals surface area contributed by atoms with Crippen molar-refractivity contribution in [2.75, 3.05) is 18.1 Å². The molecule has 3 heterocycles. The Hall–Kier alpha value is -3.08. The van der Waals surface area contributed by atoms with E-state index in [0.717, 1.165) is 21.9 Å². The molecule has 3 fully saturated rings. The van der Waals surface area contributed by atoms with Gasteiger partial charge in [-0.15, -0.1) is 11.8 Å². The van der Waals surface area contributed by atoms with Crippen molar-refractivity contribution in [1.82, 2.24) is 4.98 Å². The summed E-state index contributed by atoms with van der Waals surface area (Å²) in [6.07, 6.45) is 0.819. The van der Waals surface area contributed by atoms with Crippen LogP contribution in [0.1, 0.15) is 29.7 Å². The van der Waals surface area contributed by atoms with E-state index in [-0.39, 0.29) is 64.1 Å². The molecular weight excluding hydrogens is 572 g/mol. The molecule has 2 aliphatic carbocycles. The minimum atomic E-state index is -0.430. The van der Waals surface area contributed by atoms with Gasteiger partial charge < -0.3 is 14.5 Å². The molecule has 8 nitrogen and oxygen atoms in total. The molecule has 7 atom stereocenters. The van der Waals surface area contributed by atoms with E-state index in [4.69, 9.17) is 21.1 Å².